The zero-order valence-corrected chi connectivity index (χ0v) is 16.3. The molecule has 6 nitrogen and oxygen atoms in total. The molecule has 2 N–H and O–H groups in total. The van der Waals surface area contributed by atoms with Crippen molar-refractivity contribution in [1.29, 1.82) is 0 Å². The van der Waals surface area contributed by atoms with E-state index in [0.29, 0.717) is 12.1 Å². The lowest BCUT2D eigenvalue weighted by Crippen LogP contribution is -2.11. The molecule has 0 bridgehead atoms. The summed E-state index contributed by atoms with van der Waals surface area (Å²) in [5.74, 6) is 1.58. The number of benzene rings is 2. The number of primary sulfonamides is 1. The highest BCUT2D eigenvalue weighted by Crippen LogP contribution is 2.26. The van der Waals surface area contributed by atoms with E-state index in [1.807, 2.05) is 38.1 Å². The molecule has 0 unspecified atom stereocenters. The Balaban J connectivity index is 1.71. The van der Waals surface area contributed by atoms with Crippen molar-refractivity contribution in [3.8, 4) is 5.75 Å². The summed E-state index contributed by atoms with van der Waals surface area (Å²) < 4.78 is 30.8. The predicted octanol–water partition coefficient (Wildman–Crippen LogP) is 3.18. The number of hydrogen-bond acceptors (Lipinski definition) is 5. The first-order valence-corrected chi connectivity index (χ1v) is 10.8. The van der Waals surface area contributed by atoms with Crippen molar-refractivity contribution in [2.24, 2.45) is 5.14 Å². The number of aryl methyl sites for hydroxylation is 2. The van der Waals surface area contributed by atoms with E-state index in [1.165, 1.54) is 17.7 Å². The van der Waals surface area contributed by atoms with Gasteiger partial charge in [0.15, 0.2) is 5.16 Å². The summed E-state index contributed by atoms with van der Waals surface area (Å²) in [6.07, 6.45) is 0. The van der Waals surface area contributed by atoms with Gasteiger partial charge in [0.25, 0.3) is 0 Å². The largest absolute Gasteiger partial charge is 0.493 e. The van der Waals surface area contributed by atoms with E-state index < -0.39 is 10.0 Å². The Kier molecular flexibility index (Phi) is 5.55. The van der Waals surface area contributed by atoms with E-state index in [2.05, 4.69) is 9.55 Å². The van der Waals surface area contributed by atoms with Crippen molar-refractivity contribution in [1.82, 2.24) is 9.55 Å². The zero-order chi connectivity index (χ0) is 18.7. The van der Waals surface area contributed by atoms with E-state index >= 15 is 0 Å². The minimum atomic E-state index is -3.74. The molecule has 0 saturated heterocycles. The van der Waals surface area contributed by atoms with E-state index in [4.69, 9.17) is 9.88 Å². The third kappa shape index (κ3) is 4.20. The van der Waals surface area contributed by atoms with Gasteiger partial charge < -0.3 is 9.30 Å². The van der Waals surface area contributed by atoms with Gasteiger partial charge in [-0.15, -0.1) is 0 Å². The molecule has 0 aliphatic heterocycles. The molecular weight excluding hydrogens is 370 g/mol. The molecule has 1 heterocycles. The van der Waals surface area contributed by atoms with Crippen LogP contribution in [0.1, 0.15) is 12.5 Å². The first kappa shape index (κ1) is 18.8. The summed E-state index contributed by atoms with van der Waals surface area (Å²) in [6, 6.07) is 12.7. The smallest absolute Gasteiger partial charge is 0.238 e. The molecule has 3 rings (SSSR count). The Labute approximate surface area is 157 Å². The third-order valence-corrected chi connectivity index (χ3v) is 5.79. The van der Waals surface area contributed by atoms with Crippen molar-refractivity contribution in [2.75, 3.05) is 12.4 Å². The van der Waals surface area contributed by atoms with Crippen LogP contribution >= 0.6 is 11.8 Å². The maximum absolute atomic E-state index is 11.5. The van der Waals surface area contributed by atoms with Crippen LogP contribution in [0.5, 0.6) is 5.75 Å². The Morgan fingerprint density at radius 1 is 1.19 bits per heavy atom. The highest BCUT2D eigenvalue weighted by molar-refractivity contribution is 7.99. The number of thioether (sulfide) groups is 1. The van der Waals surface area contributed by atoms with Gasteiger partial charge in [0.1, 0.15) is 5.75 Å². The van der Waals surface area contributed by atoms with Gasteiger partial charge in [-0.05, 0) is 44.2 Å². The summed E-state index contributed by atoms with van der Waals surface area (Å²) in [4.78, 5) is 4.64. The number of sulfonamides is 1. The van der Waals surface area contributed by atoms with Crippen LogP contribution in [0, 0.1) is 6.92 Å². The first-order valence-electron chi connectivity index (χ1n) is 8.24. The highest BCUT2D eigenvalue weighted by Gasteiger charge is 2.14. The fourth-order valence-corrected chi connectivity index (χ4v) is 4.04. The number of imidazole rings is 1. The number of fused-ring (bicyclic) bond motifs is 1. The Hall–Kier alpha value is -2.03. The third-order valence-electron chi connectivity index (χ3n) is 3.93. The van der Waals surface area contributed by atoms with Gasteiger partial charge in [-0.3, -0.25) is 0 Å². The van der Waals surface area contributed by atoms with Crippen LogP contribution in [0.15, 0.2) is 52.5 Å². The van der Waals surface area contributed by atoms with Gasteiger partial charge in [-0.25, -0.2) is 18.5 Å². The van der Waals surface area contributed by atoms with Crippen molar-refractivity contribution in [3.05, 3.63) is 48.0 Å². The average molecular weight is 392 g/mol. The number of nitrogens with zero attached hydrogens (tertiary/aromatic N) is 2. The second kappa shape index (κ2) is 7.69. The summed E-state index contributed by atoms with van der Waals surface area (Å²) in [7, 11) is -3.74. The number of aromatic nitrogens is 2. The van der Waals surface area contributed by atoms with Crippen molar-refractivity contribution < 1.29 is 13.2 Å². The fourth-order valence-electron chi connectivity index (χ4n) is 2.61. The van der Waals surface area contributed by atoms with Gasteiger partial charge in [0.2, 0.25) is 10.0 Å². The molecule has 0 amide bonds. The van der Waals surface area contributed by atoms with E-state index in [-0.39, 0.29) is 4.90 Å². The Morgan fingerprint density at radius 2 is 1.92 bits per heavy atom. The van der Waals surface area contributed by atoms with E-state index in [0.717, 1.165) is 28.7 Å². The molecule has 1 aromatic heterocycles. The maximum atomic E-state index is 11.5. The molecule has 0 spiro atoms. The lowest BCUT2D eigenvalue weighted by molar-refractivity contribution is 0.343. The molecule has 0 atom stereocenters. The molecule has 0 saturated carbocycles. The van der Waals surface area contributed by atoms with Gasteiger partial charge in [-0.1, -0.05) is 29.5 Å². The number of hydrogen-bond donors (Lipinski definition) is 1. The Bertz CT molecular complexity index is 1010. The van der Waals surface area contributed by atoms with Crippen molar-refractivity contribution in [3.63, 3.8) is 0 Å². The topological polar surface area (TPSA) is 87.2 Å². The quantitative estimate of drug-likeness (QED) is 0.494. The lowest BCUT2D eigenvalue weighted by atomic mass is 10.2. The molecule has 0 radical (unpaired) electrons. The summed E-state index contributed by atoms with van der Waals surface area (Å²) >= 11 is 1.58. The van der Waals surface area contributed by atoms with Crippen LogP contribution in [-0.2, 0) is 16.6 Å². The lowest BCUT2D eigenvalue weighted by Gasteiger charge is -2.07. The normalized spacial score (nSPS) is 11.8. The standard InChI is InChI=1S/C18H21N3O3S2/c1-3-21-17-9-8-15(26(19,22)23)12-16(17)20-18(21)25-11-10-24-14-6-4-13(2)5-7-14/h4-9,12H,3,10-11H2,1-2H3,(H2,19,22,23). The Morgan fingerprint density at radius 3 is 2.58 bits per heavy atom. The average Bonchev–Trinajstić information content (AvgIpc) is 2.96. The van der Waals surface area contributed by atoms with Crippen LogP contribution in [0.4, 0.5) is 0 Å². The van der Waals surface area contributed by atoms with E-state index in [1.54, 1.807) is 17.8 Å². The van der Waals surface area contributed by atoms with Crippen LogP contribution in [-0.4, -0.2) is 30.3 Å². The monoisotopic (exact) mass is 391 g/mol. The SMILES string of the molecule is CCn1c(SCCOc2ccc(C)cc2)nc2cc(S(N)(=O)=O)ccc21. The van der Waals surface area contributed by atoms with Gasteiger partial charge in [0, 0.05) is 12.3 Å². The van der Waals surface area contributed by atoms with Gasteiger partial charge in [0.05, 0.1) is 22.5 Å². The molecule has 138 valence electrons. The summed E-state index contributed by atoms with van der Waals surface area (Å²) in [6.45, 7) is 5.37. The minimum absolute atomic E-state index is 0.0741. The van der Waals surface area contributed by atoms with E-state index in [9.17, 15) is 8.42 Å². The molecule has 0 aliphatic rings. The molecule has 26 heavy (non-hydrogen) atoms. The molecular formula is C18H21N3O3S2. The second-order valence-corrected chi connectivity index (χ2v) is 8.47. The van der Waals surface area contributed by atoms with Crippen LogP contribution in [0.25, 0.3) is 11.0 Å². The van der Waals surface area contributed by atoms with Crippen LogP contribution in [0.3, 0.4) is 0 Å². The molecule has 0 aliphatic carbocycles. The predicted molar refractivity (Wildman–Crippen MR) is 104 cm³/mol. The van der Waals surface area contributed by atoms with Crippen molar-refractivity contribution in [2.45, 2.75) is 30.4 Å². The number of ether oxygens (including phenoxy) is 1. The summed E-state index contributed by atoms with van der Waals surface area (Å²) in [5, 5.41) is 6.04. The summed E-state index contributed by atoms with van der Waals surface area (Å²) in [5.41, 5.74) is 2.71. The highest BCUT2D eigenvalue weighted by atomic mass is 32.2. The zero-order valence-electron chi connectivity index (χ0n) is 14.7. The first-order chi connectivity index (χ1) is 12.4. The van der Waals surface area contributed by atoms with Crippen molar-refractivity contribution >= 4 is 32.8 Å². The second-order valence-electron chi connectivity index (χ2n) is 5.84. The van der Waals surface area contributed by atoms with Gasteiger partial charge >= 0.3 is 0 Å². The van der Waals surface area contributed by atoms with Gasteiger partial charge in [-0.2, -0.15) is 0 Å². The molecule has 8 heteroatoms. The number of rotatable bonds is 7. The molecule has 2 aromatic carbocycles. The number of nitrogens with two attached hydrogens (primary N) is 1. The molecule has 3 aromatic rings. The minimum Gasteiger partial charge on any atom is -0.493 e. The molecule has 0 fully saturated rings. The fraction of sp³-hybridized carbons (Fsp3) is 0.278. The van der Waals surface area contributed by atoms with Crippen LogP contribution < -0.4 is 9.88 Å². The van der Waals surface area contributed by atoms with Crippen LogP contribution in [0.2, 0.25) is 0 Å². The maximum Gasteiger partial charge on any atom is 0.238 e.